The Balaban J connectivity index is 1.50. The standard InChI is InChI=1S/C18H30N2O5/c1-14(25-10-15-2-8-23-9-3-15)16(19-13-21)17(22)20-6-4-18(5-7-20)11-24-12-18/h13-16H,2-12H2,1H3,(H,19,21). The van der Waals surface area contributed by atoms with Gasteiger partial charge in [0.1, 0.15) is 6.04 Å². The van der Waals surface area contributed by atoms with Gasteiger partial charge in [0, 0.05) is 31.7 Å². The molecule has 3 aliphatic heterocycles. The predicted molar refractivity (Wildman–Crippen MR) is 91.0 cm³/mol. The van der Waals surface area contributed by atoms with Crippen molar-refractivity contribution >= 4 is 12.3 Å². The molecule has 0 aromatic carbocycles. The SMILES string of the molecule is CC(OCC1CCOCC1)C(NC=O)C(=O)N1CCC2(CC1)COC2. The first kappa shape index (κ1) is 18.6. The molecule has 0 aliphatic carbocycles. The Kier molecular flexibility index (Phi) is 6.30. The molecule has 3 aliphatic rings. The van der Waals surface area contributed by atoms with E-state index in [9.17, 15) is 9.59 Å². The fraction of sp³-hybridized carbons (Fsp3) is 0.889. The van der Waals surface area contributed by atoms with Crippen molar-refractivity contribution in [3.63, 3.8) is 0 Å². The molecule has 0 radical (unpaired) electrons. The second-order valence-electron chi connectivity index (χ2n) is 7.67. The first-order chi connectivity index (χ1) is 12.1. The maximum Gasteiger partial charge on any atom is 0.247 e. The summed E-state index contributed by atoms with van der Waals surface area (Å²) in [6.07, 6.45) is 4.19. The van der Waals surface area contributed by atoms with E-state index < -0.39 is 6.04 Å². The molecule has 7 nitrogen and oxygen atoms in total. The molecule has 3 rings (SSSR count). The molecule has 2 atom stereocenters. The van der Waals surface area contributed by atoms with E-state index in [0.29, 0.717) is 18.9 Å². The summed E-state index contributed by atoms with van der Waals surface area (Å²) in [4.78, 5) is 25.7. The number of nitrogens with one attached hydrogen (secondary N) is 1. The van der Waals surface area contributed by atoms with Crippen molar-refractivity contribution < 1.29 is 23.8 Å². The van der Waals surface area contributed by atoms with Crippen molar-refractivity contribution in [2.45, 2.75) is 44.8 Å². The molecule has 2 unspecified atom stereocenters. The predicted octanol–water partition coefficient (Wildman–Crippen LogP) is 0.572. The highest BCUT2D eigenvalue weighted by Crippen LogP contribution is 2.38. The molecule has 1 spiro atoms. The van der Waals surface area contributed by atoms with Gasteiger partial charge in [0.05, 0.1) is 25.9 Å². The topological polar surface area (TPSA) is 77.1 Å². The quantitative estimate of drug-likeness (QED) is 0.677. The molecule has 1 N–H and O–H groups in total. The van der Waals surface area contributed by atoms with Crippen molar-refractivity contribution in [3.05, 3.63) is 0 Å². The summed E-state index contributed by atoms with van der Waals surface area (Å²) in [7, 11) is 0. The summed E-state index contributed by atoms with van der Waals surface area (Å²) >= 11 is 0. The molecule has 3 heterocycles. The lowest BCUT2D eigenvalue weighted by Gasteiger charge is -2.47. The summed E-state index contributed by atoms with van der Waals surface area (Å²) < 4.78 is 16.6. The largest absolute Gasteiger partial charge is 0.381 e. The van der Waals surface area contributed by atoms with E-state index in [1.807, 2.05) is 11.8 Å². The van der Waals surface area contributed by atoms with Crippen LogP contribution in [0.3, 0.4) is 0 Å². The Labute approximate surface area is 149 Å². The van der Waals surface area contributed by atoms with Gasteiger partial charge >= 0.3 is 0 Å². The average molecular weight is 354 g/mol. The van der Waals surface area contributed by atoms with Gasteiger partial charge in [0.2, 0.25) is 12.3 Å². The van der Waals surface area contributed by atoms with Gasteiger partial charge in [-0.2, -0.15) is 0 Å². The fourth-order valence-electron chi connectivity index (χ4n) is 3.86. The van der Waals surface area contributed by atoms with Crippen LogP contribution in [0.5, 0.6) is 0 Å². The van der Waals surface area contributed by atoms with E-state index >= 15 is 0 Å². The van der Waals surface area contributed by atoms with Crippen LogP contribution >= 0.6 is 0 Å². The number of piperidine rings is 1. The van der Waals surface area contributed by atoms with E-state index in [0.717, 1.165) is 65.2 Å². The Morgan fingerprint density at radius 3 is 2.52 bits per heavy atom. The Bertz CT molecular complexity index is 452. The zero-order valence-corrected chi connectivity index (χ0v) is 15.1. The van der Waals surface area contributed by atoms with Gasteiger partial charge in [0.15, 0.2) is 0 Å². The van der Waals surface area contributed by atoms with E-state index in [-0.39, 0.29) is 17.4 Å². The molecule has 0 aromatic rings. The van der Waals surface area contributed by atoms with Crippen LogP contribution < -0.4 is 5.32 Å². The summed E-state index contributed by atoms with van der Waals surface area (Å²) in [5.41, 5.74) is 0.287. The highest BCUT2D eigenvalue weighted by Gasteiger charge is 2.43. The van der Waals surface area contributed by atoms with Gasteiger partial charge in [-0.15, -0.1) is 0 Å². The van der Waals surface area contributed by atoms with Gasteiger partial charge in [-0.3, -0.25) is 9.59 Å². The van der Waals surface area contributed by atoms with Gasteiger partial charge in [0.25, 0.3) is 0 Å². The van der Waals surface area contributed by atoms with Crippen LogP contribution in [0.2, 0.25) is 0 Å². The smallest absolute Gasteiger partial charge is 0.247 e. The Morgan fingerprint density at radius 1 is 1.28 bits per heavy atom. The first-order valence-electron chi connectivity index (χ1n) is 9.39. The lowest BCUT2D eigenvalue weighted by atomic mass is 9.76. The summed E-state index contributed by atoms with van der Waals surface area (Å²) in [5.74, 6) is 0.429. The lowest BCUT2D eigenvalue weighted by Crippen LogP contribution is -2.57. The number of nitrogens with zero attached hydrogens (tertiary/aromatic N) is 1. The first-order valence-corrected chi connectivity index (χ1v) is 9.39. The molecular weight excluding hydrogens is 324 g/mol. The molecule has 0 bridgehead atoms. The number of amides is 2. The maximum atomic E-state index is 12.9. The summed E-state index contributed by atoms with van der Waals surface area (Å²) in [5, 5.41) is 2.67. The third-order valence-electron chi connectivity index (χ3n) is 5.87. The average Bonchev–Trinajstić information content (AvgIpc) is 2.63. The third-order valence-corrected chi connectivity index (χ3v) is 5.87. The van der Waals surface area contributed by atoms with Crippen LogP contribution in [0.25, 0.3) is 0 Å². The zero-order valence-electron chi connectivity index (χ0n) is 15.1. The fourth-order valence-corrected chi connectivity index (χ4v) is 3.86. The van der Waals surface area contributed by atoms with Crippen molar-refractivity contribution in [2.75, 3.05) is 46.1 Å². The number of carbonyl (C=O) groups is 2. The number of carbonyl (C=O) groups excluding carboxylic acids is 2. The minimum Gasteiger partial charge on any atom is -0.381 e. The molecule has 0 saturated carbocycles. The van der Waals surface area contributed by atoms with Gasteiger partial charge < -0.3 is 24.4 Å². The highest BCUT2D eigenvalue weighted by atomic mass is 16.5. The van der Waals surface area contributed by atoms with Crippen molar-refractivity contribution in [2.24, 2.45) is 11.3 Å². The van der Waals surface area contributed by atoms with Gasteiger partial charge in [-0.05, 0) is 38.5 Å². The second kappa shape index (κ2) is 8.47. The van der Waals surface area contributed by atoms with Gasteiger partial charge in [-0.25, -0.2) is 0 Å². The highest BCUT2D eigenvalue weighted by molar-refractivity contribution is 5.84. The minimum absolute atomic E-state index is 0.0401. The second-order valence-corrected chi connectivity index (χ2v) is 7.67. The molecule has 25 heavy (non-hydrogen) atoms. The van der Waals surface area contributed by atoms with Crippen molar-refractivity contribution in [1.29, 1.82) is 0 Å². The maximum absolute atomic E-state index is 12.9. The molecule has 7 heteroatoms. The van der Waals surface area contributed by atoms with Crippen LogP contribution in [-0.2, 0) is 23.8 Å². The molecule has 2 amide bonds. The van der Waals surface area contributed by atoms with Crippen LogP contribution in [0.1, 0.15) is 32.6 Å². The summed E-state index contributed by atoms with van der Waals surface area (Å²) in [6, 6.07) is -0.621. The van der Waals surface area contributed by atoms with Crippen LogP contribution in [-0.4, -0.2) is 75.5 Å². The number of ether oxygens (including phenoxy) is 3. The van der Waals surface area contributed by atoms with E-state index in [2.05, 4.69) is 5.32 Å². The van der Waals surface area contributed by atoms with Crippen molar-refractivity contribution in [3.8, 4) is 0 Å². The minimum atomic E-state index is -0.621. The monoisotopic (exact) mass is 354 g/mol. The molecule has 3 fully saturated rings. The number of hydrogen-bond donors (Lipinski definition) is 1. The molecule has 142 valence electrons. The van der Waals surface area contributed by atoms with Crippen LogP contribution in [0.4, 0.5) is 0 Å². The lowest BCUT2D eigenvalue weighted by molar-refractivity contribution is -0.157. The number of likely N-dealkylation sites (tertiary alicyclic amines) is 1. The Hall–Kier alpha value is -1.18. The van der Waals surface area contributed by atoms with Gasteiger partial charge in [-0.1, -0.05) is 0 Å². The normalized spacial score (nSPS) is 25.9. The molecule has 0 aromatic heterocycles. The molecular formula is C18H30N2O5. The number of hydrogen-bond acceptors (Lipinski definition) is 5. The molecule has 3 saturated heterocycles. The Morgan fingerprint density at radius 2 is 1.96 bits per heavy atom. The van der Waals surface area contributed by atoms with E-state index in [1.54, 1.807) is 0 Å². The zero-order chi connectivity index (χ0) is 17.7. The third kappa shape index (κ3) is 4.51. The number of rotatable bonds is 7. The van der Waals surface area contributed by atoms with E-state index in [1.165, 1.54) is 0 Å². The summed E-state index contributed by atoms with van der Waals surface area (Å²) in [6.45, 7) is 7.11. The van der Waals surface area contributed by atoms with E-state index in [4.69, 9.17) is 14.2 Å². The van der Waals surface area contributed by atoms with Crippen LogP contribution in [0, 0.1) is 11.3 Å². The van der Waals surface area contributed by atoms with Crippen LogP contribution in [0.15, 0.2) is 0 Å². The van der Waals surface area contributed by atoms with Crippen molar-refractivity contribution in [1.82, 2.24) is 10.2 Å².